The van der Waals surface area contributed by atoms with E-state index in [0.29, 0.717) is 31.2 Å². The van der Waals surface area contributed by atoms with Crippen molar-refractivity contribution in [3.05, 3.63) is 70.2 Å². The first-order valence-corrected chi connectivity index (χ1v) is 8.50. The summed E-state index contributed by atoms with van der Waals surface area (Å²) in [7, 11) is 1.70. The van der Waals surface area contributed by atoms with E-state index in [4.69, 9.17) is 11.6 Å². The molecule has 5 nitrogen and oxygen atoms in total. The molecule has 0 saturated carbocycles. The molecule has 0 atom stereocenters. The Morgan fingerprint density at radius 1 is 1.04 bits per heavy atom. The minimum atomic E-state index is -0.0792. The zero-order valence-corrected chi connectivity index (χ0v) is 18.0. The average Bonchev–Trinajstić information content (AvgIpc) is 2.62. The van der Waals surface area contributed by atoms with Crippen LogP contribution in [-0.4, -0.2) is 32.0 Å². The number of aryl methyl sites for hydroxylation is 1. The zero-order valence-electron chi connectivity index (χ0n) is 14.9. The van der Waals surface area contributed by atoms with Gasteiger partial charge in [0.25, 0.3) is 5.91 Å². The van der Waals surface area contributed by atoms with E-state index in [1.165, 1.54) is 0 Å². The molecule has 0 spiro atoms. The Balaban J connectivity index is 0.00000338. The minimum Gasteiger partial charge on any atom is -0.355 e. The lowest BCUT2D eigenvalue weighted by atomic mass is 10.1. The third kappa shape index (κ3) is 7.21. The summed E-state index contributed by atoms with van der Waals surface area (Å²) >= 11 is 6.13. The maximum absolute atomic E-state index is 12.1. The summed E-state index contributed by atoms with van der Waals surface area (Å²) in [5, 5.41) is 9.96. The van der Waals surface area contributed by atoms with Gasteiger partial charge in [-0.15, -0.1) is 24.0 Å². The van der Waals surface area contributed by atoms with E-state index < -0.39 is 0 Å². The van der Waals surface area contributed by atoms with E-state index in [9.17, 15) is 4.79 Å². The molecular formula is C19H24ClIN4O. The van der Waals surface area contributed by atoms with E-state index in [1.807, 2.05) is 49.4 Å². The summed E-state index contributed by atoms with van der Waals surface area (Å²) < 4.78 is 0. The van der Waals surface area contributed by atoms with Gasteiger partial charge in [0.05, 0.1) is 0 Å². The molecule has 0 aliphatic rings. The predicted octanol–water partition coefficient (Wildman–Crippen LogP) is 3.36. The first kappa shape index (κ1) is 22.2. The lowest BCUT2D eigenvalue weighted by molar-refractivity contribution is 0.0954. The highest BCUT2D eigenvalue weighted by Crippen LogP contribution is 2.14. The smallest absolute Gasteiger partial charge is 0.251 e. The monoisotopic (exact) mass is 486 g/mol. The van der Waals surface area contributed by atoms with Crippen LogP contribution in [0.3, 0.4) is 0 Å². The summed E-state index contributed by atoms with van der Waals surface area (Å²) in [6.07, 6.45) is 0. The van der Waals surface area contributed by atoms with E-state index in [2.05, 4.69) is 20.9 Å². The van der Waals surface area contributed by atoms with E-state index in [0.717, 1.165) is 16.1 Å². The number of carbonyl (C=O) groups excluding carboxylic acids is 1. The minimum absolute atomic E-state index is 0. The highest BCUT2D eigenvalue weighted by Gasteiger charge is 2.05. The molecule has 140 valence electrons. The molecule has 0 aromatic heterocycles. The predicted molar refractivity (Wildman–Crippen MR) is 119 cm³/mol. The lowest BCUT2D eigenvalue weighted by Gasteiger charge is -2.13. The fourth-order valence-corrected chi connectivity index (χ4v) is 2.49. The first-order valence-electron chi connectivity index (χ1n) is 8.13. The second-order valence-electron chi connectivity index (χ2n) is 5.57. The Morgan fingerprint density at radius 2 is 1.77 bits per heavy atom. The van der Waals surface area contributed by atoms with Gasteiger partial charge in [0.2, 0.25) is 0 Å². The van der Waals surface area contributed by atoms with E-state index >= 15 is 0 Å². The highest BCUT2D eigenvalue weighted by molar-refractivity contribution is 14.0. The number of amides is 1. The van der Waals surface area contributed by atoms with Crippen molar-refractivity contribution in [1.82, 2.24) is 16.0 Å². The van der Waals surface area contributed by atoms with Gasteiger partial charge in [-0.1, -0.05) is 47.5 Å². The normalized spacial score (nSPS) is 10.7. The van der Waals surface area contributed by atoms with Crippen molar-refractivity contribution in [2.24, 2.45) is 4.99 Å². The maximum atomic E-state index is 12.1. The van der Waals surface area contributed by atoms with E-state index in [1.54, 1.807) is 13.1 Å². The van der Waals surface area contributed by atoms with Gasteiger partial charge in [-0.05, 0) is 30.7 Å². The summed E-state index contributed by atoms with van der Waals surface area (Å²) in [4.78, 5) is 16.2. The van der Waals surface area contributed by atoms with Gasteiger partial charge in [-0.2, -0.15) is 0 Å². The van der Waals surface area contributed by atoms with Crippen LogP contribution in [0, 0.1) is 6.92 Å². The number of aliphatic imine (C=N–C) groups is 1. The number of hydrogen-bond donors (Lipinski definition) is 3. The number of rotatable bonds is 6. The van der Waals surface area contributed by atoms with Crippen LogP contribution < -0.4 is 16.0 Å². The van der Waals surface area contributed by atoms with Gasteiger partial charge >= 0.3 is 0 Å². The van der Waals surface area contributed by atoms with Gasteiger partial charge in [-0.25, -0.2) is 0 Å². The van der Waals surface area contributed by atoms with Gasteiger partial charge in [0.1, 0.15) is 0 Å². The Labute approximate surface area is 176 Å². The Hall–Kier alpha value is -1.80. The van der Waals surface area contributed by atoms with Crippen molar-refractivity contribution in [2.75, 3.05) is 20.1 Å². The van der Waals surface area contributed by atoms with Crippen LogP contribution in [0.4, 0.5) is 0 Å². The quantitative estimate of drug-likeness (QED) is 0.254. The molecule has 0 fully saturated rings. The molecular weight excluding hydrogens is 463 g/mol. The number of guanidine groups is 1. The van der Waals surface area contributed by atoms with Crippen molar-refractivity contribution in [3.63, 3.8) is 0 Å². The van der Waals surface area contributed by atoms with Gasteiger partial charge in [0.15, 0.2) is 5.96 Å². The first-order chi connectivity index (χ1) is 12.1. The molecule has 0 heterocycles. The van der Waals surface area contributed by atoms with Crippen molar-refractivity contribution in [1.29, 1.82) is 0 Å². The Bertz CT molecular complexity index is 752. The van der Waals surface area contributed by atoms with Crippen molar-refractivity contribution in [3.8, 4) is 0 Å². The topological polar surface area (TPSA) is 65.5 Å². The fourth-order valence-electron chi connectivity index (χ4n) is 2.29. The molecule has 26 heavy (non-hydrogen) atoms. The standard InChI is InChI=1S/C19H23ClN4O.HI/c1-14-6-5-8-15(12-14)18(25)22-10-11-23-19(21-2)24-13-16-7-3-4-9-17(16)20;/h3-9,12H,10-11,13H2,1-2H3,(H,22,25)(H2,21,23,24);1H. The summed E-state index contributed by atoms with van der Waals surface area (Å²) in [5.41, 5.74) is 2.73. The summed E-state index contributed by atoms with van der Waals surface area (Å²) in [6, 6.07) is 15.2. The molecule has 0 bridgehead atoms. The lowest BCUT2D eigenvalue weighted by Crippen LogP contribution is -2.41. The molecule has 0 unspecified atom stereocenters. The van der Waals surface area contributed by atoms with Gasteiger partial charge in [-0.3, -0.25) is 9.79 Å². The fraction of sp³-hybridized carbons (Fsp3) is 0.263. The number of nitrogens with one attached hydrogen (secondary N) is 3. The van der Waals surface area contributed by atoms with Crippen LogP contribution in [0.2, 0.25) is 5.02 Å². The van der Waals surface area contributed by atoms with Crippen molar-refractivity contribution < 1.29 is 4.79 Å². The number of carbonyl (C=O) groups is 1. The largest absolute Gasteiger partial charge is 0.355 e. The Kier molecular flexibility index (Phi) is 10.0. The third-order valence-electron chi connectivity index (χ3n) is 3.61. The second-order valence-corrected chi connectivity index (χ2v) is 5.98. The molecule has 2 rings (SSSR count). The van der Waals surface area contributed by atoms with Crippen LogP contribution in [0.1, 0.15) is 21.5 Å². The molecule has 0 aliphatic carbocycles. The number of benzene rings is 2. The third-order valence-corrected chi connectivity index (χ3v) is 3.98. The van der Waals surface area contributed by atoms with Gasteiger partial charge < -0.3 is 16.0 Å². The number of nitrogens with zero attached hydrogens (tertiary/aromatic N) is 1. The molecule has 0 aliphatic heterocycles. The van der Waals surface area contributed by atoms with Gasteiger partial charge in [0, 0.05) is 37.3 Å². The number of hydrogen-bond acceptors (Lipinski definition) is 2. The van der Waals surface area contributed by atoms with Crippen molar-refractivity contribution >= 4 is 47.4 Å². The molecule has 0 radical (unpaired) electrons. The number of halogens is 2. The van der Waals surface area contributed by atoms with Crippen molar-refractivity contribution in [2.45, 2.75) is 13.5 Å². The summed E-state index contributed by atoms with van der Waals surface area (Å²) in [5.74, 6) is 0.578. The SMILES string of the molecule is CN=C(NCCNC(=O)c1cccc(C)c1)NCc1ccccc1Cl.I. The molecule has 7 heteroatoms. The molecule has 2 aromatic carbocycles. The molecule has 1 amide bonds. The zero-order chi connectivity index (χ0) is 18.1. The Morgan fingerprint density at radius 3 is 2.46 bits per heavy atom. The summed E-state index contributed by atoms with van der Waals surface area (Å²) in [6.45, 7) is 3.61. The van der Waals surface area contributed by atoms with Crippen LogP contribution >= 0.6 is 35.6 Å². The average molecular weight is 487 g/mol. The molecule has 3 N–H and O–H groups in total. The second kappa shape index (κ2) is 11.7. The molecule has 2 aromatic rings. The molecule has 0 saturated heterocycles. The van der Waals surface area contributed by atoms with E-state index in [-0.39, 0.29) is 29.9 Å². The van der Waals surface area contributed by atoms with Crippen LogP contribution in [-0.2, 0) is 6.54 Å². The highest BCUT2D eigenvalue weighted by atomic mass is 127. The van der Waals surface area contributed by atoms with Crippen LogP contribution in [0.25, 0.3) is 0 Å². The van der Waals surface area contributed by atoms with Crippen LogP contribution in [0.5, 0.6) is 0 Å². The van der Waals surface area contributed by atoms with Crippen LogP contribution in [0.15, 0.2) is 53.5 Å². The maximum Gasteiger partial charge on any atom is 0.251 e.